The van der Waals surface area contributed by atoms with E-state index in [-0.39, 0.29) is 0 Å². The van der Waals surface area contributed by atoms with Gasteiger partial charge in [0.25, 0.3) is 0 Å². The summed E-state index contributed by atoms with van der Waals surface area (Å²) in [6.45, 7) is 3.89. The third kappa shape index (κ3) is 6.89. The van der Waals surface area contributed by atoms with Crippen molar-refractivity contribution in [3.05, 3.63) is 35.9 Å². The number of nitrogens with one attached hydrogen (secondary N) is 2. The summed E-state index contributed by atoms with van der Waals surface area (Å²) < 4.78 is 10.4. The van der Waals surface area contributed by atoms with Crippen LogP contribution in [0.25, 0.3) is 0 Å². The molecule has 0 saturated heterocycles. The molecule has 5 heteroatoms. The zero-order chi connectivity index (χ0) is 17.1. The van der Waals surface area contributed by atoms with Crippen molar-refractivity contribution in [2.24, 2.45) is 10.4 Å². The Labute approximate surface area is 145 Å². The van der Waals surface area contributed by atoms with Crippen molar-refractivity contribution in [3.63, 3.8) is 0 Å². The molecule has 2 rings (SSSR count). The highest BCUT2D eigenvalue weighted by Gasteiger charge is 2.42. The van der Waals surface area contributed by atoms with Crippen LogP contribution in [0.15, 0.2) is 35.3 Å². The first kappa shape index (κ1) is 18.7. The fourth-order valence-electron chi connectivity index (χ4n) is 2.74. The molecule has 1 fully saturated rings. The molecule has 0 aromatic heterocycles. The lowest BCUT2D eigenvalue weighted by Gasteiger charge is -2.18. The third-order valence-corrected chi connectivity index (χ3v) is 4.42. The van der Waals surface area contributed by atoms with E-state index < -0.39 is 0 Å². The number of methoxy groups -OCH3 is 1. The molecule has 0 amide bonds. The highest BCUT2D eigenvalue weighted by atomic mass is 16.5. The maximum absolute atomic E-state index is 5.45. The Morgan fingerprint density at radius 1 is 1.12 bits per heavy atom. The van der Waals surface area contributed by atoms with Crippen LogP contribution in [0.5, 0.6) is 0 Å². The molecule has 0 spiro atoms. The predicted molar refractivity (Wildman–Crippen MR) is 98.5 cm³/mol. The summed E-state index contributed by atoms with van der Waals surface area (Å²) in [4.78, 5) is 4.31. The smallest absolute Gasteiger partial charge is 0.190 e. The number of hydrogen-bond donors (Lipinski definition) is 2. The summed E-state index contributed by atoms with van der Waals surface area (Å²) in [7, 11) is 3.51. The molecule has 0 aliphatic heterocycles. The van der Waals surface area contributed by atoms with Crippen LogP contribution < -0.4 is 10.6 Å². The van der Waals surface area contributed by atoms with Crippen molar-refractivity contribution in [2.75, 3.05) is 47.1 Å². The van der Waals surface area contributed by atoms with Gasteiger partial charge in [0.05, 0.1) is 13.2 Å². The second-order valence-corrected chi connectivity index (χ2v) is 6.47. The Balaban J connectivity index is 1.61. The Hall–Kier alpha value is -1.59. The Morgan fingerprint density at radius 2 is 1.92 bits per heavy atom. The van der Waals surface area contributed by atoms with Crippen LogP contribution in [0.1, 0.15) is 24.8 Å². The molecule has 134 valence electrons. The summed E-state index contributed by atoms with van der Waals surface area (Å²) in [6.07, 6.45) is 4.68. The molecule has 0 heterocycles. The van der Waals surface area contributed by atoms with E-state index in [2.05, 4.69) is 46.0 Å². The molecule has 0 unspecified atom stereocenters. The second-order valence-electron chi connectivity index (χ2n) is 6.47. The largest absolute Gasteiger partial charge is 0.382 e. The van der Waals surface area contributed by atoms with Gasteiger partial charge >= 0.3 is 0 Å². The molecule has 1 aliphatic carbocycles. The number of nitrogens with zero attached hydrogens (tertiary/aromatic N) is 1. The van der Waals surface area contributed by atoms with Crippen LogP contribution in [0, 0.1) is 5.41 Å². The molecule has 0 radical (unpaired) electrons. The van der Waals surface area contributed by atoms with E-state index in [0.717, 1.165) is 38.5 Å². The SMILES string of the molecule is CN=C(NCCCOCCOC)NCC1(Cc2ccccc2)CC1. The molecule has 1 aromatic rings. The first-order valence-corrected chi connectivity index (χ1v) is 8.83. The zero-order valence-corrected chi connectivity index (χ0v) is 15.0. The Bertz CT molecular complexity index is 487. The van der Waals surface area contributed by atoms with Gasteiger partial charge in [0.2, 0.25) is 0 Å². The van der Waals surface area contributed by atoms with Gasteiger partial charge in [-0.1, -0.05) is 30.3 Å². The van der Waals surface area contributed by atoms with Crippen LogP contribution in [0.2, 0.25) is 0 Å². The quantitative estimate of drug-likeness (QED) is 0.370. The minimum atomic E-state index is 0.405. The first-order chi connectivity index (χ1) is 11.8. The van der Waals surface area contributed by atoms with Gasteiger partial charge in [-0.05, 0) is 36.7 Å². The molecule has 1 aromatic carbocycles. The molecular formula is C19H31N3O2. The number of aliphatic imine (C=N–C) groups is 1. The lowest BCUT2D eigenvalue weighted by atomic mass is 9.96. The van der Waals surface area contributed by atoms with Gasteiger partial charge in [-0.25, -0.2) is 0 Å². The van der Waals surface area contributed by atoms with Gasteiger partial charge in [-0.2, -0.15) is 0 Å². The number of rotatable bonds is 11. The van der Waals surface area contributed by atoms with Crippen molar-refractivity contribution < 1.29 is 9.47 Å². The summed E-state index contributed by atoms with van der Waals surface area (Å²) >= 11 is 0. The number of ether oxygens (including phenoxy) is 2. The summed E-state index contributed by atoms with van der Waals surface area (Å²) in [5, 5.41) is 6.83. The van der Waals surface area contributed by atoms with Crippen LogP contribution in [0.3, 0.4) is 0 Å². The lowest BCUT2D eigenvalue weighted by molar-refractivity contribution is 0.0698. The van der Waals surface area contributed by atoms with E-state index in [1.165, 1.54) is 18.4 Å². The van der Waals surface area contributed by atoms with E-state index in [4.69, 9.17) is 9.47 Å². The fraction of sp³-hybridized carbons (Fsp3) is 0.632. The van der Waals surface area contributed by atoms with Gasteiger partial charge in [0, 0.05) is 33.9 Å². The van der Waals surface area contributed by atoms with Gasteiger partial charge in [-0.3, -0.25) is 4.99 Å². The van der Waals surface area contributed by atoms with E-state index in [1.54, 1.807) is 7.11 Å². The van der Waals surface area contributed by atoms with Crippen LogP contribution in [-0.2, 0) is 15.9 Å². The van der Waals surface area contributed by atoms with Crippen molar-refractivity contribution >= 4 is 5.96 Å². The molecule has 5 nitrogen and oxygen atoms in total. The fourth-order valence-corrected chi connectivity index (χ4v) is 2.74. The van der Waals surface area contributed by atoms with Crippen LogP contribution in [-0.4, -0.2) is 53.0 Å². The summed E-state index contributed by atoms with van der Waals surface area (Å²) in [6, 6.07) is 10.8. The molecular weight excluding hydrogens is 302 g/mol. The summed E-state index contributed by atoms with van der Waals surface area (Å²) in [5.74, 6) is 0.881. The Kier molecular flexibility index (Phi) is 8.05. The Morgan fingerprint density at radius 3 is 2.58 bits per heavy atom. The number of hydrogen-bond acceptors (Lipinski definition) is 3. The first-order valence-electron chi connectivity index (χ1n) is 8.83. The molecule has 0 bridgehead atoms. The van der Waals surface area contributed by atoms with Crippen molar-refractivity contribution in [3.8, 4) is 0 Å². The molecule has 0 atom stereocenters. The highest BCUT2D eigenvalue weighted by molar-refractivity contribution is 5.79. The van der Waals surface area contributed by atoms with Gasteiger partial charge < -0.3 is 20.1 Å². The lowest BCUT2D eigenvalue weighted by Crippen LogP contribution is -2.41. The van der Waals surface area contributed by atoms with Gasteiger partial charge in [0.15, 0.2) is 5.96 Å². The standard InChI is InChI=1S/C19H31N3O2/c1-20-18(21-11-6-12-24-14-13-23-2)22-16-19(9-10-19)15-17-7-4-3-5-8-17/h3-5,7-8H,6,9-16H2,1-2H3,(H2,20,21,22). The van der Waals surface area contributed by atoms with Crippen LogP contribution >= 0.6 is 0 Å². The average Bonchev–Trinajstić information content (AvgIpc) is 3.37. The van der Waals surface area contributed by atoms with Crippen LogP contribution in [0.4, 0.5) is 0 Å². The van der Waals surface area contributed by atoms with E-state index in [1.807, 2.05) is 7.05 Å². The molecule has 1 saturated carbocycles. The minimum absolute atomic E-state index is 0.405. The second kappa shape index (κ2) is 10.3. The molecule has 24 heavy (non-hydrogen) atoms. The van der Waals surface area contributed by atoms with E-state index in [0.29, 0.717) is 18.6 Å². The number of guanidine groups is 1. The highest BCUT2D eigenvalue weighted by Crippen LogP contribution is 2.47. The van der Waals surface area contributed by atoms with Crippen molar-refractivity contribution in [1.29, 1.82) is 0 Å². The van der Waals surface area contributed by atoms with E-state index >= 15 is 0 Å². The molecule has 1 aliphatic rings. The predicted octanol–water partition coefficient (Wildman–Crippen LogP) is 2.23. The maximum Gasteiger partial charge on any atom is 0.190 e. The van der Waals surface area contributed by atoms with Crippen molar-refractivity contribution in [2.45, 2.75) is 25.7 Å². The molecule has 2 N–H and O–H groups in total. The van der Waals surface area contributed by atoms with Crippen molar-refractivity contribution in [1.82, 2.24) is 10.6 Å². The normalized spacial score (nSPS) is 16.0. The van der Waals surface area contributed by atoms with Gasteiger partial charge in [-0.15, -0.1) is 0 Å². The summed E-state index contributed by atoms with van der Waals surface area (Å²) in [5.41, 5.74) is 1.83. The monoisotopic (exact) mass is 333 g/mol. The third-order valence-electron chi connectivity index (χ3n) is 4.42. The minimum Gasteiger partial charge on any atom is -0.382 e. The average molecular weight is 333 g/mol. The van der Waals surface area contributed by atoms with Gasteiger partial charge in [0.1, 0.15) is 0 Å². The van der Waals surface area contributed by atoms with E-state index in [9.17, 15) is 0 Å². The number of benzene rings is 1. The zero-order valence-electron chi connectivity index (χ0n) is 15.0. The maximum atomic E-state index is 5.45. The topological polar surface area (TPSA) is 54.9 Å².